The lowest BCUT2D eigenvalue weighted by molar-refractivity contribution is 0.0246. The molecule has 0 aliphatic heterocycles. The monoisotopic (exact) mass is 284 g/mol. The highest BCUT2D eigenvalue weighted by atomic mass is 16.3. The summed E-state index contributed by atoms with van der Waals surface area (Å²) < 4.78 is 0. The van der Waals surface area contributed by atoms with E-state index in [1.807, 2.05) is 13.8 Å². The molecule has 0 aromatic carbocycles. The maximum Gasteiger partial charge on any atom is 0.0718 e. The lowest BCUT2D eigenvalue weighted by Crippen LogP contribution is -2.48. The van der Waals surface area contributed by atoms with Crippen molar-refractivity contribution in [2.24, 2.45) is 17.8 Å². The van der Waals surface area contributed by atoms with Gasteiger partial charge in [0.05, 0.1) is 5.60 Å². The molecule has 0 aromatic heterocycles. The number of aliphatic hydroxyl groups is 1. The van der Waals surface area contributed by atoms with Gasteiger partial charge in [0.25, 0.3) is 0 Å². The highest BCUT2D eigenvalue weighted by Gasteiger charge is 2.32. The van der Waals surface area contributed by atoms with Crippen LogP contribution in [-0.4, -0.2) is 48.3 Å². The first-order chi connectivity index (χ1) is 9.26. The molecule has 0 heterocycles. The van der Waals surface area contributed by atoms with Crippen LogP contribution in [0.4, 0.5) is 0 Å². The predicted octanol–water partition coefficient (Wildman–Crippen LogP) is 2.74. The van der Waals surface area contributed by atoms with Crippen LogP contribution in [0.25, 0.3) is 0 Å². The average molecular weight is 284 g/mol. The molecule has 0 saturated heterocycles. The van der Waals surface area contributed by atoms with Gasteiger partial charge in [-0.2, -0.15) is 0 Å². The molecule has 1 saturated carbocycles. The quantitative estimate of drug-likeness (QED) is 0.754. The van der Waals surface area contributed by atoms with E-state index in [1.54, 1.807) is 0 Å². The Bertz CT molecular complexity index is 273. The average Bonchev–Trinajstić information content (AvgIpc) is 2.36. The lowest BCUT2D eigenvalue weighted by atomic mass is 9.73. The molecule has 2 N–H and O–H groups in total. The van der Waals surface area contributed by atoms with Gasteiger partial charge < -0.3 is 15.3 Å². The minimum atomic E-state index is -0.600. The maximum atomic E-state index is 10.1. The minimum absolute atomic E-state index is 0.600. The van der Waals surface area contributed by atoms with Crippen LogP contribution in [0.1, 0.15) is 53.9 Å². The Morgan fingerprint density at radius 2 is 1.95 bits per heavy atom. The number of likely N-dealkylation sites (N-methyl/N-ethyl adjacent to an activating group) is 1. The molecular weight excluding hydrogens is 248 g/mol. The summed E-state index contributed by atoms with van der Waals surface area (Å²) in [4.78, 5) is 2.41. The fourth-order valence-electron chi connectivity index (χ4n) is 3.67. The molecule has 3 unspecified atom stereocenters. The highest BCUT2D eigenvalue weighted by Crippen LogP contribution is 2.34. The second-order valence-electron chi connectivity index (χ2n) is 7.61. The zero-order valence-electron chi connectivity index (χ0n) is 14.4. The fourth-order valence-corrected chi connectivity index (χ4v) is 3.67. The molecular formula is C17H36N2O. The summed E-state index contributed by atoms with van der Waals surface area (Å²) in [5.74, 6) is 2.37. The number of rotatable bonds is 7. The molecule has 0 spiro atoms. The third kappa shape index (κ3) is 5.71. The summed E-state index contributed by atoms with van der Waals surface area (Å²) in [5.41, 5.74) is -0.600. The van der Waals surface area contributed by atoms with E-state index in [0.717, 1.165) is 31.5 Å². The molecule has 3 nitrogen and oxygen atoms in total. The molecule has 0 radical (unpaired) electrons. The highest BCUT2D eigenvalue weighted by molar-refractivity contribution is 4.87. The number of hydrogen-bond donors (Lipinski definition) is 2. The number of nitrogens with zero attached hydrogens (tertiary/aromatic N) is 1. The molecule has 1 rings (SSSR count). The van der Waals surface area contributed by atoms with Gasteiger partial charge in [-0.05, 0) is 64.5 Å². The van der Waals surface area contributed by atoms with E-state index < -0.39 is 5.60 Å². The summed E-state index contributed by atoms with van der Waals surface area (Å²) in [6.45, 7) is 13.6. The molecule has 20 heavy (non-hydrogen) atoms. The predicted molar refractivity (Wildman–Crippen MR) is 86.9 cm³/mol. The van der Waals surface area contributed by atoms with Gasteiger partial charge in [-0.1, -0.05) is 20.8 Å². The van der Waals surface area contributed by atoms with Gasteiger partial charge in [-0.15, -0.1) is 0 Å². The Balaban J connectivity index is 2.63. The van der Waals surface area contributed by atoms with Crippen LogP contribution >= 0.6 is 0 Å². The van der Waals surface area contributed by atoms with E-state index in [-0.39, 0.29) is 0 Å². The summed E-state index contributed by atoms with van der Waals surface area (Å²) in [6, 6.07) is 0.640. The molecule has 3 atom stereocenters. The Morgan fingerprint density at radius 3 is 2.40 bits per heavy atom. The molecule has 3 heteroatoms. The van der Waals surface area contributed by atoms with Gasteiger partial charge in [-0.25, -0.2) is 0 Å². The summed E-state index contributed by atoms with van der Waals surface area (Å²) in [7, 11) is 2.10. The Hall–Kier alpha value is -0.120. The van der Waals surface area contributed by atoms with E-state index in [0.29, 0.717) is 12.0 Å². The van der Waals surface area contributed by atoms with Crippen molar-refractivity contribution in [1.29, 1.82) is 0 Å². The van der Waals surface area contributed by atoms with Gasteiger partial charge in [-0.3, -0.25) is 0 Å². The lowest BCUT2D eigenvalue weighted by Gasteiger charge is -2.41. The Kier molecular flexibility index (Phi) is 6.96. The van der Waals surface area contributed by atoms with Crippen LogP contribution in [-0.2, 0) is 0 Å². The standard InChI is InChI=1S/C17H36N2O/c1-7-19(12-17(4,5)20)11-15-10-14(13(2)3)8-9-16(15)18-6/h13-16,18,20H,7-12H2,1-6H3. The van der Waals surface area contributed by atoms with Crippen LogP contribution in [0.15, 0.2) is 0 Å². The van der Waals surface area contributed by atoms with Crippen LogP contribution < -0.4 is 5.32 Å². The van der Waals surface area contributed by atoms with Crippen molar-refractivity contribution >= 4 is 0 Å². The molecule has 1 fully saturated rings. The fraction of sp³-hybridized carbons (Fsp3) is 1.00. The smallest absolute Gasteiger partial charge is 0.0718 e. The van der Waals surface area contributed by atoms with E-state index >= 15 is 0 Å². The van der Waals surface area contributed by atoms with Crippen molar-refractivity contribution in [1.82, 2.24) is 10.2 Å². The first kappa shape index (κ1) is 17.9. The van der Waals surface area contributed by atoms with Crippen molar-refractivity contribution in [2.45, 2.75) is 65.5 Å². The SMILES string of the molecule is CCN(CC1CC(C(C)C)CCC1NC)CC(C)(C)O. The largest absolute Gasteiger partial charge is 0.389 e. The zero-order chi connectivity index (χ0) is 15.3. The van der Waals surface area contributed by atoms with Crippen LogP contribution in [0.2, 0.25) is 0 Å². The van der Waals surface area contributed by atoms with Crippen molar-refractivity contribution in [3.8, 4) is 0 Å². The molecule has 0 aromatic rings. The Morgan fingerprint density at radius 1 is 1.30 bits per heavy atom. The first-order valence-corrected chi connectivity index (χ1v) is 8.38. The van der Waals surface area contributed by atoms with E-state index in [4.69, 9.17) is 0 Å². The molecule has 120 valence electrons. The van der Waals surface area contributed by atoms with Crippen molar-refractivity contribution in [3.05, 3.63) is 0 Å². The van der Waals surface area contributed by atoms with Gasteiger partial charge in [0.1, 0.15) is 0 Å². The maximum absolute atomic E-state index is 10.1. The van der Waals surface area contributed by atoms with Crippen LogP contribution in [0.5, 0.6) is 0 Å². The van der Waals surface area contributed by atoms with Crippen molar-refractivity contribution < 1.29 is 5.11 Å². The normalized spacial score (nSPS) is 28.4. The van der Waals surface area contributed by atoms with Gasteiger partial charge in [0, 0.05) is 19.1 Å². The molecule has 1 aliphatic carbocycles. The summed E-state index contributed by atoms with van der Waals surface area (Å²) in [5, 5.41) is 13.6. The van der Waals surface area contributed by atoms with Gasteiger partial charge in [0.15, 0.2) is 0 Å². The van der Waals surface area contributed by atoms with Gasteiger partial charge >= 0.3 is 0 Å². The second-order valence-corrected chi connectivity index (χ2v) is 7.61. The zero-order valence-corrected chi connectivity index (χ0v) is 14.4. The van der Waals surface area contributed by atoms with Gasteiger partial charge in [0.2, 0.25) is 0 Å². The van der Waals surface area contributed by atoms with Crippen molar-refractivity contribution in [3.63, 3.8) is 0 Å². The van der Waals surface area contributed by atoms with E-state index in [2.05, 4.69) is 38.0 Å². The first-order valence-electron chi connectivity index (χ1n) is 8.38. The van der Waals surface area contributed by atoms with E-state index in [9.17, 15) is 5.11 Å². The molecule has 0 bridgehead atoms. The summed E-state index contributed by atoms with van der Waals surface area (Å²) >= 11 is 0. The second kappa shape index (κ2) is 7.77. The number of nitrogens with one attached hydrogen (secondary N) is 1. The number of hydrogen-bond acceptors (Lipinski definition) is 3. The van der Waals surface area contributed by atoms with Crippen LogP contribution in [0, 0.1) is 17.8 Å². The van der Waals surface area contributed by atoms with Crippen molar-refractivity contribution in [2.75, 3.05) is 26.7 Å². The molecule has 0 amide bonds. The topological polar surface area (TPSA) is 35.5 Å². The van der Waals surface area contributed by atoms with E-state index in [1.165, 1.54) is 19.3 Å². The minimum Gasteiger partial charge on any atom is -0.389 e. The molecule has 1 aliphatic rings. The summed E-state index contributed by atoms with van der Waals surface area (Å²) in [6.07, 6.45) is 3.98. The Labute approximate surface area is 126 Å². The third-order valence-electron chi connectivity index (χ3n) is 4.89. The third-order valence-corrected chi connectivity index (χ3v) is 4.89. The van der Waals surface area contributed by atoms with Crippen LogP contribution in [0.3, 0.4) is 0 Å².